The van der Waals surface area contributed by atoms with E-state index in [2.05, 4.69) is 4.90 Å². The molecule has 1 aliphatic heterocycles. The first-order chi connectivity index (χ1) is 8.29. The van der Waals surface area contributed by atoms with Crippen LogP contribution in [0.2, 0.25) is 0 Å². The van der Waals surface area contributed by atoms with Crippen molar-refractivity contribution in [2.45, 2.75) is 33.1 Å². The van der Waals surface area contributed by atoms with Crippen LogP contribution in [0.3, 0.4) is 0 Å². The number of sulfone groups is 1. The van der Waals surface area contributed by atoms with Crippen LogP contribution < -0.4 is 5.73 Å². The quantitative estimate of drug-likeness (QED) is 0.556. The zero-order chi connectivity index (χ0) is 13.8. The van der Waals surface area contributed by atoms with Crippen molar-refractivity contribution in [1.29, 1.82) is 5.41 Å². The predicted octanol–water partition coefficient (Wildman–Crippen LogP) is 0.849. The molecule has 1 fully saturated rings. The molecule has 106 valence electrons. The van der Waals surface area contributed by atoms with Gasteiger partial charge in [-0.05, 0) is 32.4 Å². The summed E-state index contributed by atoms with van der Waals surface area (Å²) in [4.78, 5) is 2.16. The molecule has 18 heavy (non-hydrogen) atoms. The molecule has 0 radical (unpaired) electrons. The normalized spacial score (nSPS) is 20.8. The molecule has 1 saturated heterocycles. The smallest absolute Gasteiger partial charge is 0.151 e. The Labute approximate surface area is 110 Å². The van der Waals surface area contributed by atoms with E-state index in [1.54, 1.807) is 0 Å². The zero-order valence-corrected chi connectivity index (χ0v) is 12.2. The number of nitrogens with one attached hydrogen (secondary N) is 1. The molecule has 6 heteroatoms. The highest BCUT2D eigenvalue weighted by atomic mass is 32.2. The summed E-state index contributed by atoms with van der Waals surface area (Å²) in [7, 11) is -2.88. The summed E-state index contributed by atoms with van der Waals surface area (Å²) in [6, 6.07) is 0. The maximum Gasteiger partial charge on any atom is 0.151 e. The number of hydrogen-bond acceptors (Lipinski definition) is 4. The lowest BCUT2D eigenvalue weighted by atomic mass is 9.79. The monoisotopic (exact) mass is 275 g/mol. The standard InChI is InChI=1S/C12H25N3O2S/c1-3-9-18(16,17)10-8-15-6-4-12(2,5-7-15)11(13)14/h3-10H2,1-2H3,(H3,13,14). The van der Waals surface area contributed by atoms with Gasteiger partial charge in [0.05, 0.1) is 11.6 Å². The Kier molecular flexibility index (Phi) is 5.16. The van der Waals surface area contributed by atoms with E-state index < -0.39 is 9.84 Å². The van der Waals surface area contributed by atoms with Gasteiger partial charge >= 0.3 is 0 Å². The SMILES string of the molecule is CCCS(=O)(=O)CCN1CCC(C)(C(=N)N)CC1. The molecule has 0 aliphatic carbocycles. The first-order valence-corrected chi connectivity index (χ1v) is 8.38. The Bertz CT molecular complexity index is 384. The van der Waals surface area contributed by atoms with Gasteiger partial charge in [0.2, 0.25) is 0 Å². The van der Waals surface area contributed by atoms with E-state index in [-0.39, 0.29) is 22.8 Å². The predicted molar refractivity (Wildman–Crippen MR) is 74.6 cm³/mol. The summed E-state index contributed by atoms with van der Waals surface area (Å²) in [6.45, 7) is 6.17. The third kappa shape index (κ3) is 4.24. The minimum absolute atomic E-state index is 0.196. The largest absolute Gasteiger partial charge is 0.387 e. The van der Waals surface area contributed by atoms with E-state index in [0.29, 0.717) is 13.0 Å². The van der Waals surface area contributed by atoms with Gasteiger partial charge in [-0.25, -0.2) is 8.42 Å². The molecular formula is C12H25N3O2S. The molecule has 0 spiro atoms. The average molecular weight is 275 g/mol. The van der Waals surface area contributed by atoms with Crippen molar-refractivity contribution >= 4 is 15.7 Å². The molecule has 5 nitrogen and oxygen atoms in total. The van der Waals surface area contributed by atoms with Crippen LogP contribution >= 0.6 is 0 Å². The van der Waals surface area contributed by atoms with Crippen LogP contribution in [0.25, 0.3) is 0 Å². The minimum Gasteiger partial charge on any atom is -0.387 e. The molecule has 0 aromatic heterocycles. The average Bonchev–Trinajstić information content (AvgIpc) is 2.28. The van der Waals surface area contributed by atoms with Gasteiger partial charge in [-0.2, -0.15) is 0 Å². The molecule has 0 aromatic carbocycles. The summed E-state index contributed by atoms with van der Waals surface area (Å²) in [5.74, 6) is 0.782. The Morgan fingerprint density at radius 3 is 2.33 bits per heavy atom. The molecule has 3 N–H and O–H groups in total. The van der Waals surface area contributed by atoms with Gasteiger partial charge in [-0.3, -0.25) is 5.41 Å². The second-order valence-electron chi connectivity index (χ2n) is 5.47. The number of rotatable bonds is 6. The third-order valence-electron chi connectivity index (χ3n) is 3.84. The Morgan fingerprint density at radius 2 is 1.89 bits per heavy atom. The van der Waals surface area contributed by atoms with Crippen LogP contribution in [0.15, 0.2) is 0 Å². The van der Waals surface area contributed by atoms with Crippen LogP contribution in [0.4, 0.5) is 0 Å². The lowest BCUT2D eigenvalue weighted by molar-refractivity contribution is 0.170. The van der Waals surface area contributed by atoms with Gasteiger partial charge in [-0.15, -0.1) is 0 Å². The number of nitrogens with two attached hydrogens (primary N) is 1. The number of amidine groups is 1. The molecule has 1 heterocycles. The summed E-state index contributed by atoms with van der Waals surface area (Å²) in [5, 5.41) is 7.57. The van der Waals surface area contributed by atoms with Crippen molar-refractivity contribution in [3.63, 3.8) is 0 Å². The molecule has 0 atom stereocenters. The van der Waals surface area contributed by atoms with Crippen LogP contribution in [-0.4, -0.2) is 50.3 Å². The van der Waals surface area contributed by atoms with E-state index in [0.717, 1.165) is 25.9 Å². The van der Waals surface area contributed by atoms with Crippen molar-refractivity contribution in [3.05, 3.63) is 0 Å². The molecule has 0 aromatic rings. The molecule has 0 amide bonds. The fourth-order valence-corrected chi connectivity index (χ4v) is 3.58. The topological polar surface area (TPSA) is 87.2 Å². The third-order valence-corrected chi connectivity index (χ3v) is 5.68. The van der Waals surface area contributed by atoms with Gasteiger partial charge < -0.3 is 10.6 Å². The molecule has 0 saturated carbocycles. The van der Waals surface area contributed by atoms with E-state index in [9.17, 15) is 8.42 Å². The van der Waals surface area contributed by atoms with Crippen LogP contribution in [0.5, 0.6) is 0 Å². The minimum atomic E-state index is -2.88. The van der Waals surface area contributed by atoms with E-state index >= 15 is 0 Å². The van der Waals surface area contributed by atoms with Crippen molar-refractivity contribution < 1.29 is 8.42 Å². The van der Waals surface area contributed by atoms with Gasteiger partial charge in [-0.1, -0.05) is 13.8 Å². The maximum atomic E-state index is 11.6. The lowest BCUT2D eigenvalue weighted by Gasteiger charge is -2.38. The van der Waals surface area contributed by atoms with Crippen LogP contribution in [0.1, 0.15) is 33.1 Å². The van der Waals surface area contributed by atoms with Crippen LogP contribution in [-0.2, 0) is 9.84 Å². The summed E-state index contributed by atoms with van der Waals surface area (Å²) in [6.07, 6.45) is 2.37. The molecular weight excluding hydrogens is 250 g/mol. The second-order valence-corrected chi connectivity index (χ2v) is 7.77. The number of hydrogen-bond donors (Lipinski definition) is 2. The lowest BCUT2D eigenvalue weighted by Crippen LogP contribution is -2.46. The van der Waals surface area contributed by atoms with E-state index in [1.165, 1.54) is 0 Å². The summed E-state index contributed by atoms with van der Waals surface area (Å²) < 4.78 is 23.3. The van der Waals surface area contributed by atoms with Gasteiger partial charge in [0.25, 0.3) is 0 Å². The summed E-state index contributed by atoms with van der Waals surface area (Å²) in [5.41, 5.74) is 5.40. The fourth-order valence-electron chi connectivity index (χ4n) is 2.22. The fraction of sp³-hybridized carbons (Fsp3) is 0.917. The zero-order valence-electron chi connectivity index (χ0n) is 11.4. The van der Waals surface area contributed by atoms with Gasteiger partial charge in [0.1, 0.15) is 0 Å². The molecule has 1 rings (SSSR count). The van der Waals surface area contributed by atoms with Gasteiger partial charge in [0, 0.05) is 17.7 Å². The van der Waals surface area contributed by atoms with Gasteiger partial charge in [0.15, 0.2) is 9.84 Å². The first-order valence-electron chi connectivity index (χ1n) is 6.56. The van der Waals surface area contributed by atoms with E-state index in [1.807, 2.05) is 13.8 Å². The Morgan fingerprint density at radius 1 is 1.33 bits per heavy atom. The first kappa shape index (κ1) is 15.4. The Hall–Kier alpha value is -0.620. The molecule has 0 unspecified atom stereocenters. The number of piperidine rings is 1. The molecule has 0 bridgehead atoms. The van der Waals surface area contributed by atoms with Crippen molar-refractivity contribution in [1.82, 2.24) is 4.90 Å². The highest BCUT2D eigenvalue weighted by Crippen LogP contribution is 2.30. The van der Waals surface area contributed by atoms with E-state index in [4.69, 9.17) is 11.1 Å². The van der Waals surface area contributed by atoms with Crippen LogP contribution in [0, 0.1) is 10.8 Å². The van der Waals surface area contributed by atoms with Crippen molar-refractivity contribution in [2.24, 2.45) is 11.1 Å². The van der Waals surface area contributed by atoms with Crippen molar-refractivity contribution in [3.8, 4) is 0 Å². The maximum absolute atomic E-state index is 11.6. The Balaban J connectivity index is 2.39. The molecule has 1 aliphatic rings. The summed E-state index contributed by atoms with van der Waals surface area (Å²) >= 11 is 0. The second kappa shape index (κ2) is 6.02. The highest BCUT2D eigenvalue weighted by molar-refractivity contribution is 7.91. The number of likely N-dealkylation sites (tertiary alicyclic amines) is 1. The van der Waals surface area contributed by atoms with Crippen molar-refractivity contribution in [2.75, 3.05) is 31.1 Å². The number of nitrogens with zero attached hydrogens (tertiary/aromatic N) is 1. The highest BCUT2D eigenvalue weighted by Gasteiger charge is 2.32.